The average Bonchev–Trinajstić information content (AvgIpc) is 2.47. The topological polar surface area (TPSA) is 0 Å². The van der Waals surface area contributed by atoms with Gasteiger partial charge in [0.1, 0.15) is 0 Å². The second kappa shape index (κ2) is 5.14. The monoisotopic (exact) mass is 237 g/mol. The molecule has 0 unspecified atom stereocenters. The molecule has 0 saturated heterocycles. The van der Waals surface area contributed by atoms with Gasteiger partial charge in [-0.2, -0.15) is 0 Å². The van der Waals surface area contributed by atoms with Crippen LogP contribution in [0.1, 0.15) is 49.1 Å². The summed E-state index contributed by atoms with van der Waals surface area (Å²) < 4.78 is 0. The lowest BCUT2D eigenvalue weighted by atomic mass is 9.80. The van der Waals surface area contributed by atoms with Crippen molar-refractivity contribution in [2.45, 2.75) is 44.4 Å². The summed E-state index contributed by atoms with van der Waals surface area (Å²) in [6.07, 6.45) is 7.86. The van der Waals surface area contributed by atoms with Gasteiger partial charge < -0.3 is 0 Å². The third-order valence-electron chi connectivity index (χ3n) is 4.37. The van der Waals surface area contributed by atoms with Crippen LogP contribution in [0, 0.1) is 6.92 Å². The molecule has 0 heterocycles. The Morgan fingerprint density at radius 3 is 2.50 bits per heavy atom. The Balaban J connectivity index is 2.10. The van der Waals surface area contributed by atoms with Crippen molar-refractivity contribution >= 4 is 10.8 Å². The summed E-state index contributed by atoms with van der Waals surface area (Å²) >= 11 is 0. The quantitative estimate of drug-likeness (QED) is 0.668. The van der Waals surface area contributed by atoms with E-state index in [1.54, 1.807) is 5.56 Å². The minimum absolute atomic E-state index is 0.778. The first-order valence-corrected chi connectivity index (χ1v) is 7.20. The fourth-order valence-corrected chi connectivity index (χ4v) is 3.43. The smallest absolute Gasteiger partial charge is 0.0149 e. The van der Waals surface area contributed by atoms with Crippen molar-refractivity contribution in [3.63, 3.8) is 0 Å². The molecular formula is C18H21. The zero-order valence-corrected chi connectivity index (χ0v) is 11.0. The van der Waals surface area contributed by atoms with Gasteiger partial charge in [0.2, 0.25) is 0 Å². The molecule has 93 valence electrons. The minimum Gasteiger partial charge on any atom is -0.0616 e. The summed E-state index contributed by atoms with van der Waals surface area (Å²) in [4.78, 5) is 0. The van der Waals surface area contributed by atoms with E-state index in [4.69, 9.17) is 0 Å². The molecule has 0 atom stereocenters. The van der Waals surface area contributed by atoms with Gasteiger partial charge in [0, 0.05) is 0 Å². The van der Waals surface area contributed by atoms with Gasteiger partial charge in [-0.1, -0.05) is 55.7 Å². The number of benzene rings is 2. The first-order chi connectivity index (χ1) is 8.90. The molecule has 1 aliphatic carbocycles. The Kier molecular flexibility index (Phi) is 3.36. The standard InChI is InChI=1S/C18H21/c1-2-16-17-11-7-6-10-15(17)12-13-18(16)14-8-4-3-5-9-14/h6-7,10-14H,1-5,8-9H2. The van der Waals surface area contributed by atoms with Crippen LogP contribution < -0.4 is 0 Å². The van der Waals surface area contributed by atoms with E-state index in [9.17, 15) is 0 Å². The maximum Gasteiger partial charge on any atom is -0.0149 e. The molecule has 0 N–H and O–H groups in total. The first kappa shape index (κ1) is 11.8. The SMILES string of the molecule is [CH2]Cc1c(C2CCCCC2)ccc2ccccc12. The van der Waals surface area contributed by atoms with Gasteiger partial charge in [0.15, 0.2) is 0 Å². The van der Waals surface area contributed by atoms with E-state index >= 15 is 0 Å². The molecule has 1 aliphatic rings. The molecule has 3 rings (SSSR count). The Labute approximate surface area is 110 Å². The summed E-state index contributed by atoms with van der Waals surface area (Å²) in [5, 5.41) is 2.77. The summed E-state index contributed by atoms with van der Waals surface area (Å²) in [7, 11) is 0. The maximum atomic E-state index is 4.16. The summed E-state index contributed by atoms with van der Waals surface area (Å²) in [5.74, 6) is 0.778. The second-order valence-electron chi connectivity index (χ2n) is 5.44. The number of rotatable bonds is 2. The van der Waals surface area contributed by atoms with Crippen LogP contribution in [0.4, 0.5) is 0 Å². The molecule has 0 aromatic heterocycles. The van der Waals surface area contributed by atoms with Crippen LogP contribution in [-0.2, 0) is 6.42 Å². The van der Waals surface area contributed by atoms with Crippen LogP contribution in [0.2, 0.25) is 0 Å². The van der Waals surface area contributed by atoms with Crippen LogP contribution in [0.3, 0.4) is 0 Å². The maximum absolute atomic E-state index is 4.16. The van der Waals surface area contributed by atoms with Crippen molar-refractivity contribution in [3.8, 4) is 0 Å². The van der Waals surface area contributed by atoms with Gasteiger partial charge in [-0.25, -0.2) is 0 Å². The summed E-state index contributed by atoms with van der Waals surface area (Å²) in [6.45, 7) is 4.16. The fraction of sp³-hybridized carbons (Fsp3) is 0.389. The molecule has 0 nitrogen and oxygen atoms in total. The highest BCUT2D eigenvalue weighted by molar-refractivity contribution is 5.87. The summed E-state index contributed by atoms with van der Waals surface area (Å²) in [6, 6.07) is 13.4. The average molecular weight is 237 g/mol. The predicted molar refractivity (Wildman–Crippen MR) is 78.8 cm³/mol. The predicted octanol–water partition coefficient (Wildman–Crippen LogP) is 5.26. The lowest BCUT2D eigenvalue weighted by Gasteiger charge is -2.25. The molecule has 1 radical (unpaired) electrons. The lowest BCUT2D eigenvalue weighted by Crippen LogP contribution is -2.07. The highest BCUT2D eigenvalue weighted by Crippen LogP contribution is 2.37. The normalized spacial score (nSPS) is 17.2. The van der Waals surface area contributed by atoms with E-state index in [-0.39, 0.29) is 0 Å². The minimum atomic E-state index is 0.778. The first-order valence-electron chi connectivity index (χ1n) is 7.20. The Bertz CT molecular complexity index is 533. The fourth-order valence-electron chi connectivity index (χ4n) is 3.43. The number of hydrogen-bond acceptors (Lipinski definition) is 0. The second-order valence-corrected chi connectivity index (χ2v) is 5.44. The van der Waals surface area contributed by atoms with E-state index in [2.05, 4.69) is 43.3 Å². The number of fused-ring (bicyclic) bond motifs is 1. The largest absolute Gasteiger partial charge is 0.0616 e. The molecule has 2 aromatic rings. The molecular weight excluding hydrogens is 216 g/mol. The summed E-state index contributed by atoms with van der Waals surface area (Å²) in [5.41, 5.74) is 3.06. The molecule has 0 bridgehead atoms. The van der Waals surface area contributed by atoms with E-state index in [1.807, 2.05) is 0 Å². The van der Waals surface area contributed by atoms with Crippen LogP contribution in [0.15, 0.2) is 36.4 Å². The molecule has 2 aromatic carbocycles. The molecule has 0 aliphatic heterocycles. The van der Waals surface area contributed by atoms with Gasteiger partial charge in [-0.05, 0) is 54.0 Å². The Morgan fingerprint density at radius 2 is 1.72 bits per heavy atom. The van der Waals surface area contributed by atoms with Crippen LogP contribution in [-0.4, -0.2) is 0 Å². The number of hydrogen-bond donors (Lipinski definition) is 0. The van der Waals surface area contributed by atoms with E-state index in [0.29, 0.717) is 0 Å². The van der Waals surface area contributed by atoms with Crippen molar-refractivity contribution < 1.29 is 0 Å². The Morgan fingerprint density at radius 1 is 0.944 bits per heavy atom. The van der Waals surface area contributed by atoms with Gasteiger partial charge in [0.05, 0.1) is 0 Å². The van der Waals surface area contributed by atoms with Crippen molar-refractivity contribution in [1.82, 2.24) is 0 Å². The third-order valence-corrected chi connectivity index (χ3v) is 4.37. The van der Waals surface area contributed by atoms with Gasteiger partial charge >= 0.3 is 0 Å². The van der Waals surface area contributed by atoms with E-state index < -0.39 is 0 Å². The zero-order chi connectivity index (χ0) is 12.4. The molecule has 1 fully saturated rings. The highest BCUT2D eigenvalue weighted by atomic mass is 14.2. The van der Waals surface area contributed by atoms with Gasteiger partial charge in [-0.3, -0.25) is 0 Å². The molecule has 0 spiro atoms. The van der Waals surface area contributed by atoms with Crippen molar-refractivity contribution in [2.24, 2.45) is 0 Å². The Hall–Kier alpha value is -1.30. The van der Waals surface area contributed by atoms with Crippen molar-refractivity contribution in [2.75, 3.05) is 0 Å². The van der Waals surface area contributed by atoms with E-state index in [1.165, 1.54) is 48.4 Å². The van der Waals surface area contributed by atoms with Crippen LogP contribution >= 0.6 is 0 Å². The molecule has 1 saturated carbocycles. The van der Waals surface area contributed by atoms with Gasteiger partial charge in [-0.15, -0.1) is 0 Å². The lowest BCUT2D eigenvalue weighted by molar-refractivity contribution is 0.442. The zero-order valence-electron chi connectivity index (χ0n) is 11.0. The van der Waals surface area contributed by atoms with Crippen molar-refractivity contribution in [1.29, 1.82) is 0 Å². The van der Waals surface area contributed by atoms with Gasteiger partial charge in [0.25, 0.3) is 0 Å². The van der Waals surface area contributed by atoms with Crippen molar-refractivity contribution in [3.05, 3.63) is 54.4 Å². The van der Waals surface area contributed by atoms with E-state index in [0.717, 1.165) is 12.3 Å². The third kappa shape index (κ3) is 2.05. The van der Waals surface area contributed by atoms with Crippen LogP contribution in [0.5, 0.6) is 0 Å². The van der Waals surface area contributed by atoms with Crippen LogP contribution in [0.25, 0.3) is 10.8 Å². The highest BCUT2D eigenvalue weighted by Gasteiger charge is 2.18. The molecule has 0 heteroatoms. The molecule has 18 heavy (non-hydrogen) atoms. The molecule has 0 amide bonds.